The number of piperidine rings is 1. The zero-order chi connectivity index (χ0) is 17.8. The zero-order valence-electron chi connectivity index (χ0n) is 14.1. The van der Waals surface area contributed by atoms with Crippen LogP contribution >= 0.6 is 47.8 Å². The summed E-state index contributed by atoms with van der Waals surface area (Å²) >= 11 is 11.5. The van der Waals surface area contributed by atoms with Crippen LogP contribution in [0.4, 0.5) is 0 Å². The van der Waals surface area contributed by atoms with Crippen LogP contribution in [0.1, 0.15) is 31.9 Å². The largest absolute Gasteiger partial charge is 0.299 e. The van der Waals surface area contributed by atoms with E-state index in [9.17, 15) is 0 Å². The quantitative estimate of drug-likeness (QED) is 0.434. The highest BCUT2D eigenvalue weighted by Crippen LogP contribution is 2.56. The molecule has 1 N–H and O–H groups in total. The molecule has 2 nitrogen and oxygen atoms in total. The molecule has 0 bridgehead atoms. The minimum absolute atomic E-state index is 0.128. The molecule has 4 rings (SSSR count). The van der Waals surface area contributed by atoms with E-state index in [0.717, 1.165) is 21.8 Å². The number of nitrogens with zero attached hydrogens (tertiary/aromatic N) is 1. The van der Waals surface area contributed by atoms with Crippen molar-refractivity contribution in [3.05, 3.63) is 64.3 Å². The summed E-state index contributed by atoms with van der Waals surface area (Å²) in [5, 5.41) is 4.99. The maximum absolute atomic E-state index is 4.69. The lowest BCUT2D eigenvalue weighted by Gasteiger charge is -2.53. The minimum Gasteiger partial charge on any atom is -0.299 e. The van der Waals surface area contributed by atoms with Crippen molar-refractivity contribution in [3.63, 3.8) is 0 Å². The first-order chi connectivity index (χ1) is 11.8. The van der Waals surface area contributed by atoms with Gasteiger partial charge in [-0.1, -0.05) is 66.0 Å². The van der Waals surface area contributed by atoms with Crippen molar-refractivity contribution in [2.24, 2.45) is 5.92 Å². The summed E-state index contributed by atoms with van der Waals surface area (Å²) in [6.45, 7) is 4.48. The standard InChI is InChI=1S/C20H19Br3N2/c1-19(2)20(22,23)16-6-4-3-5-15(16)18(25-19)13-9-12-10-14(21)7-8-17(12)24-11-13/h3-5,7-11,16,18,25H,6H2,1-2H3. The van der Waals surface area contributed by atoms with Gasteiger partial charge in [0.2, 0.25) is 0 Å². The maximum Gasteiger partial charge on any atom is 0.105 e. The van der Waals surface area contributed by atoms with Gasteiger partial charge in [0.15, 0.2) is 0 Å². The Morgan fingerprint density at radius 1 is 1.20 bits per heavy atom. The summed E-state index contributed by atoms with van der Waals surface area (Å²) in [5.74, 6) is 0.386. The normalized spacial score (nSPS) is 27.0. The summed E-state index contributed by atoms with van der Waals surface area (Å²) in [5.41, 5.74) is 3.50. The highest BCUT2D eigenvalue weighted by atomic mass is 79.9. The molecule has 2 aliphatic rings. The van der Waals surface area contributed by atoms with Gasteiger partial charge in [0.25, 0.3) is 0 Å². The number of alkyl halides is 2. The molecule has 2 unspecified atom stereocenters. The second kappa shape index (κ2) is 6.29. The molecule has 25 heavy (non-hydrogen) atoms. The third-order valence-electron chi connectivity index (χ3n) is 5.31. The summed E-state index contributed by atoms with van der Waals surface area (Å²) in [6.07, 6.45) is 9.70. The van der Waals surface area contributed by atoms with Crippen molar-refractivity contribution in [2.45, 2.75) is 35.1 Å². The van der Waals surface area contributed by atoms with E-state index in [4.69, 9.17) is 0 Å². The molecular formula is C20H19Br3N2. The number of rotatable bonds is 1. The Bertz CT molecular complexity index is 899. The predicted molar refractivity (Wildman–Crippen MR) is 115 cm³/mol. The van der Waals surface area contributed by atoms with Gasteiger partial charge in [-0.15, -0.1) is 0 Å². The van der Waals surface area contributed by atoms with E-state index < -0.39 is 0 Å². The molecule has 0 spiro atoms. The van der Waals surface area contributed by atoms with Crippen LogP contribution in [0.2, 0.25) is 0 Å². The molecule has 0 saturated carbocycles. The Balaban J connectivity index is 1.83. The molecule has 130 valence electrons. The Morgan fingerprint density at radius 2 is 2.00 bits per heavy atom. The van der Waals surface area contributed by atoms with E-state index in [2.05, 4.69) is 108 Å². The van der Waals surface area contributed by atoms with Crippen molar-refractivity contribution in [3.8, 4) is 0 Å². The Morgan fingerprint density at radius 3 is 2.80 bits per heavy atom. The maximum atomic E-state index is 4.69. The molecule has 1 aliphatic heterocycles. The molecular weight excluding hydrogens is 508 g/mol. The SMILES string of the molecule is CC1(C)NC(c2cnc3ccc(Br)cc3c2)C2=CC=CCC2C1(Br)Br. The molecule has 1 saturated heterocycles. The molecule has 5 heteroatoms. The van der Waals surface area contributed by atoms with Gasteiger partial charge in [-0.25, -0.2) is 0 Å². The fraction of sp³-hybridized carbons (Fsp3) is 0.350. The number of pyridine rings is 1. The van der Waals surface area contributed by atoms with E-state index in [1.165, 1.54) is 11.1 Å². The van der Waals surface area contributed by atoms with Crippen LogP contribution in [-0.2, 0) is 0 Å². The number of aromatic nitrogens is 1. The number of halogens is 3. The number of hydrogen-bond acceptors (Lipinski definition) is 2. The van der Waals surface area contributed by atoms with Crippen molar-refractivity contribution in [2.75, 3.05) is 0 Å². The third kappa shape index (κ3) is 2.97. The van der Waals surface area contributed by atoms with E-state index in [1.807, 2.05) is 12.3 Å². The molecule has 0 amide bonds. The second-order valence-corrected chi connectivity index (χ2v) is 11.8. The predicted octanol–water partition coefficient (Wildman–Crippen LogP) is 6.41. The first-order valence-electron chi connectivity index (χ1n) is 8.37. The van der Waals surface area contributed by atoms with Crippen LogP contribution in [0.15, 0.2) is 58.7 Å². The lowest BCUT2D eigenvalue weighted by molar-refractivity contribution is 0.239. The fourth-order valence-corrected chi connectivity index (χ4v) is 5.34. The average Bonchev–Trinajstić information content (AvgIpc) is 2.58. The fourth-order valence-electron chi connectivity index (χ4n) is 3.83. The van der Waals surface area contributed by atoms with Crippen LogP contribution in [-0.4, -0.2) is 13.8 Å². The summed E-state index contributed by atoms with van der Waals surface area (Å²) in [4.78, 5) is 4.69. The molecule has 2 heterocycles. The average molecular weight is 527 g/mol. The van der Waals surface area contributed by atoms with Gasteiger partial charge < -0.3 is 0 Å². The number of fused-ring (bicyclic) bond motifs is 2. The number of hydrogen-bond donors (Lipinski definition) is 1. The third-order valence-corrected chi connectivity index (χ3v) is 8.89. The molecule has 2 atom stereocenters. The number of benzene rings is 1. The van der Waals surface area contributed by atoms with Gasteiger partial charge in [-0.2, -0.15) is 0 Å². The van der Waals surface area contributed by atoms with Crippen LogP contribution < -0.4 is 5.32 Å². The first-order valence-corrected chi connectivity index (χ1v) is 10.7. The molecule has 1 fully saturated rings. The van der Waals surface area contributed by atoms with Crippen LogP contribution in [0.3, 0.4) is 0 Å². The van der Waals surface area contributed by atoms with Crippen LogP contribution in [0, 0.1) is 5.92 Å². The van der Waals surface area contributed by atoms with Crippen molar-refractivity contribution < 1.29 is 0 Å². The summed E-state index contributed by atoms with van der Waals surface area (Å²) in [6, 6.07) is 8.63. The van der Waals surface area contributed by atoms with Gasteiger partial charge in [-0.3, -0.25) is 10.3 Å². The lowest BCUT2D eigenvalue weighted by Crippen LogP contribution is -2.62. The first kappa shape index (κ1) is 17.9. The Labute approximate surface area is 173 Å². The van der Waals surface area contributed by atoms with E-state index >= 15 is 0 Å². The molecule has 1 aromatic carbocycles. The lowest BCUT2D eigenvalue weighted by atomic mass is 9.72. The van der Waals surface area contributed by atoms with Crippen molar-refractivity contribution in [1.29, 1.82) is 0 Å². The van der Waals surface area contributed by atoms with Gasteiger partial charge in [0.05, 0.1) is 11.6 Å². The summed E-state index contributed by atoms with van der Waals surface area (Å²) in [7, 11) is 0. The topological polar surface area (TPSA) is 24.9 Å². The van der Waals surface area contributed by atoms with Gasteiger partial charge >= 0.3 is 0 Å². The van der Waals surface area contributed by atoms with Gasteiger partial charge in [0.1, 0.15) is 3.23 Å². The van der Waals surface area contributed by atoms with Crippen molar-refractivity contribution >= 4 is 58.7 Å². The number of nitrogens with one attached hydrogen (secondary N) is 1. The summed E-state index contributed by atoms with van der Waals surface area (Å²) < 4.78 is 0.890. The monoisotopic (exact) mass is 524 g/mol. The highest BCUT2D eigenvalue weighted by molar-refractivity contribution is 9.25. The van der Waals surface area contributed by atoms with Gasteiger partial charge in [0, 0.05) is 27.5 Å². The van der Waals surface area contributed by atoms with Crippen LogP contribution in [0.25, 0.3) is 10.9 Å². The van der Waals surface area contributed by atoms with E-state index in [-0.39, 0.29) is 14.8 Å². The highest BCUT2D eigenvalue weighted by Gasteiger charge is 2.54. The Hall–Kier alpha value is -0.490. The van der Waals surface area contributed by atoms with Crippen LogP contribution in [0.5, 0.6) is 0 Å². The molecule has 0 radical (unpaired) electrons. The van der Waals surface area contributed by atoms with E-state index in [0.29, 0.717) is 5.92 Å². The van der Waals surface area contributed by atoms with E-state index in [1.54, 1.807) is 0 Å². The molecule has 1 aromatic heterocycles. The Kier molecular flexibility index (Phi) is 4.51. The molecule has 2 aromatic rings. The van der Waals surface area contributed by atoms with Gasteiger partial charge in [-0.05, 0) is 55.7 Å². The second-order valence-electron chi connectivity index (χ2n) is 7.31. The van der Waals surface area contributed by atoms with Crippen molar-refractivity contribution in [1.82, 2.24) is 10.3 Å². The minimum atomic E-state index is -0.187. The number of allylic oxidation sites excluding steroid dienone is 3. The smallest absolute Gasteiger partial charge is 0.105 e. The zero-order valence-corrected chi connectivity index (χ0v) is 18.8. The molecule has 1 aliphatic carbocycles.